The Morgan fingerprint density at radius 2 is 2.11 bits per heavy atom. The Kier molecular flexibility index (Phi) is 4.29. The van der Waals surface area contributed by atoms with E-state index in [1.54, 1.807) is 30.2 Å². The number of hydrogen-bond acceptors (Lipinski definition) is 2. The summed E-state index contributed by atoms with van der Waals surface area (Å²) in [4.78, 5) is 4.06. The van der Waals surface area contributed by atoms with Gasteiger partial charge in [-0.1, -0.05) is 17.5 Å². The molecule has 2 nitrogen and oxygen atoms in total. The molecule has 0 saturated carbocycles. The number of benzene rings is 1. The lowest BCUT2D eigenvalue weighted by Gasteiger charge is -2.07. The number of thioether (sulfide) groups is 1. The third kappa shape index (κ3) is 2.87. The van der Waals surface area contributed by atoms with Gasteiger partial charge in [0.05, 0.1) is 11.4 Å². The Balaban J connectivity index is 2.28. The second kappa shape index (κ2) is 5.94. The van der Waals surface area contributed by atoms with Gasteiger partial charge < -0.3 is 4.57 Å². The van der Waals surface area contributed by atoms with Gasteiger partial charge in [-0.3, -0.25) is 0 Å². The number of terminal acetylenes is 1. The Morgan fingerprint density at radius 1 is 1.39 bits per heavy atom. The van der Waals surface area contributed by atoms with Crippen molar-refractivity contribution in [3.05, 3.63) is 47.3 Å². The van der Waals surface area contributed by atoms with Gasteiger partial charge in [-0.15, -0.1) is 18.2 Å². The zero-order valence-electron chi connectivity index (χ0n) is 9.44. The van der Waals surface area contributed by atoms with Crippen molar-refractivity contribution < 1.29 is 4.39 Å². The van der Waals surface area contributed by atoms with E-state index >= 15 is 0 Å². The molecule has 0 aliphatic carbocycles. The predicted molar refractivity (Wildman–Crippen MR) is 73.5 cm³/mol. The second-order valence-electron chi connectivity index (χ2n) is 3.53. The summed E-state index contributed by atoms with van der Waals surface area (Å²) >= 11 is 7.62. The van der Waals surface area contributed by atoms with Crippen molar-refractivity contribution in [1.29, 1.82) is 0 Å². The van der Waals surface area contributed by atoms with Crippen LogP contribution >= 0.6 is 23.4 Å². The molecule has 0 saturated heterocycles. The largest absolute Gasteiger partial charge is 0.301 e. The molecule has 0 bridgehead atoms. The highest BCUT2D eigenvalue weighted by atomic mass is 35.5. The number of rotatable bonds is 4. The molecule has 0 aliphatic heterocycles. The van der Waals surface area contributed by atoms with Crippen LogP contribution in [-0.4, -0.2) is 15.3 Å². The minimum absolute atomic E-state index is 0.270. The summed E-state index contributed by atoms with van der Waals surface area (Å²) in [6, 6.07) is 6.18. The van der Waals surface area contributed by atoms with Crippen LogP contribution in [0.4, 0.5) is 4.39 Å². The maximum atomic E-state index is 12.9. The quantitative estimate of drug-likeness (QED) is 0.630. The highest BCUT2D eigenvalue weighted by molar-refractivity contribution is 7.98. The molecule has 18 heavy (non-hydrogen) atoms. The van der Waals surface area contributed by atoms with E-state index in [2.05, 4.69) is 10.9 Å². The molecule has 1 heterocycles. The van der Waals surface area contributed by atoms with Crippen molar-refractivity contribution in [3.8, 4) is 18.0 Å². The molecule has 0 unspecified atom stereocenters. The third-order valence-corrected chi connectivity index (χ3v) is 3.51. The molecule has 0 fully saturated rings. The molecular formula is C13H10ClFN2S. The monoisotopic (exact) mass is 280 g/mol. The summed E-state index contributed by atoms with van der Waals surface area (Å²) in [6.45, 7) is 0. The third-order valence-electron chi connectivity index (χ3n) is 2.34. The predicted octanol–water partition coefficient (Wildman–Crippen LogP) is 3.53. The van der Waals surface area contributed by atoms with E-state index in [1.165, 1.54) is 12.1 Å². The van der Waals surface area contributed by atoms with E-state index in [0.29, 0.717) is 16.7 Å². The molecule has 2 aromatic rings. The van der Waals surface area contributed by atoms with Gasteiger partial charge in [0.2, 0.25) is 0 Å². The van der Waals surface area contributed by atoms with Crippen LogP contribution in [-0.2, 0) is 5.75 Å². The Hall–Kier alpha value is -1.44. The van der Waals surface area contributed by atoms with Gasteiger partial charge in [-0.2, -0.15) is 0 Å². The van der Waals surface area contributed by atoms with Crippen LogP contribution in [0, 0.1) is 18.2 Å². The lowest BCUT2D eigenvalue weighted by Crippen LogP contribution is -1.98. The lowest BCUT2D eigenvalue weighted by atomic mass is 10.3. The molecule has 0 spiro atoms. The Labute approximate surface area is 114 Å². The summed E-state index contributed by atoms with van der Waals surface area (Å²) < 4.78 is 14.7. The molecule has 1 aromatic heterocycles. The zero-order chi connectivity index (χ0) is 13.0. The fourth-order valence-electron chi connectivity index (χ4n) is 1.51. The average molecular weight is 281 g/mol. The minimum atomic E-state index is -0.270. The van der Waals surface area contributed by atoms with E-state index in [9.17, 15) is 4.39 Å². The van der Waals surface area contributed by atoms with Gasteiger partial charge >= 0.3 is 0 Å². The topological polar surface area (TPSA) is 17.8 Å². The first-order valence-electron chi connectivity index (χ1n) is 5.21. The van der Waals surface area contributed by atoms with Crippen LogP contribution in [0.1, 0.15) is 5.69 Å². The molecule has 1 aromatic carbocycles. The number of hydrogen-bond donors (Lipinski definition) is 0. The summed E-state index contributed by atoms with van der Waals surface area (Å²) in [5.74, 6) is 3.57. The van der Waals surface area contributed by atoms with E-state index in [-0.39, 0.29) is 5.82 Å². The van der Waals surface area contributed by atoms with Gasteiger partial charge in [0.25, 0.3) is 0 Å². The number of aromatic nitrogens is 2. The fourth-order valence-corrected chi connectivity index (χ4v) is 2.48. The maximum absolute atomic E-state index is 12.9. The maximum Gasteiger partial charge on any atom is 0.151 e. The average Bonchev–Trinajstić information content (AvgIpc) is 2.73. The van der Waals surface area contributed by atoms with Gasteiger partial charge in [0, 0.05) is 11.4 Å². The Morgan fingerprint density at radius 3 is 2.78 bits per heavy atom. The molecule has 0 N–H and O–H groups in total. The van der Waals surface area contributed by atoms with Crippen LogP contribution < -0.4 is 0 Å². The van der Waals surface area contributed by atoms with Crippen molar-refractivity contribution >= 4 is 23.4 Å². The van der Waals surface area contributed by atoms with E-state index in [0.717, 1.165) is 11.4 Å². The van der Waals surface area contributed by atoms with Gasteiger partial charge in [-0.05, 0) is 24.3 Å². The number of halogens is 2. The molecule has 0 radical (unpaired) electrons. The SMILES string of the molecule is C#CCSCc1c(Cl)ncn1-c1ccc(F)cc1. The van der Waals surface area contributed by atoms with Crippen LogP contribution in [0.25, 0.3) is 5.69 Å². The molecule has 2 rings (SSSR count). The molecule has 5 heteroatoms. The van der Waals surface area contributed by atoms with Crippen molar-refractivity contribution in [2.24, 2.45) is 0 Å². The first-order valence-corrected chi connectivity index (χ1v) is 6.74. The normalized spacial score (nSPS) is 10.3. The van der Waals surface area contributed by atoms with Crippen LogP contribution in [0.2, 0.25) is 5.15 Å². The smallest absolute Gasteiger partial charge is 0.151 e. The Bertz CT molecular complexity index is 572. The minimum Gasteiger partial charge on any atom is -0.301 e. The van der Waals surface area contributed by atoms with Crippen molar-refractivity contribution in [1.82, 2.24) is 9.55 Å². The van der Waals surface area contributed by atoms with Gasteiger partial charge in [-0.25, -0.2) is 9.37 Å². The summed E-state index contributed by atoms with van der Waals surface area (Å²) in [7, 11) is 0. The lowest BCUT2D eigenvalue weighted by molar-refractivity contribution is 0.627. The molecule has 0 aliphatic rings. The summed E-state index contributed by atoms with van der Waals surface area (Å²) in [6.07, 6.45) is 6.83. The number of imidazole rings is 1. The van der Waals surface area contributed by atoms with Crippen molar-refractivity contribution in [2.75, 3.05) is 5.75 Å². The molecule has 92 valence electrons. The summed E-state index contributed by atoms with van der Waals surface area (Å²) in [5, 5.41) is 0.448. The van der Waals surface area contributed by atoms with Crippen molar-refractivity contribution in [3.63, 3.8) is 0 Å². The zero-order valence-corrected chi connectivity index (χ0v) is 11.0. The van der Waals surface area contributed by atoms with Crippen LogP contribution in [0.3, 0.4) is 0 Å². The van der Waals surface area contributed by atoms with E-state index in [4.69, 9.17) is 18.0 Å². The molecule has 0 amide bonds. The van der Waals surface area contributed by atoms with Crippen LogP contribution in [0.15, 0.2) is 30.6 Å². The van der Waals surface area contributed by atoms with Gasteiger partial charge in [0.15, 0.2) is 5.15 Å². The number of nitrogens with zero attached hydrogens (tertiary/aromatic N) is 2. The molecular weight excluding hydrogens is 271 g/mol. The van der Waals surface area contributed by atoms with E-state index < -0.39 is 0 Å². The van der Waals surface area contributed by atoms with Crippen molar-refractivity contribution in [2.45, 2.75) is 5.75 Å². The highest BCUT2D eigenvalue weighted by Crippen LogP contribution is 2.23. The van der Waals surface area contributed by atoms with Crippen LogP contribution in [0.5, 0.6) is 0 Å². The van der Waals surface area contributed by atoms with Gasteiger partial charge in [0.1, 0.15) is 12.1 Å². The first-order chi connectivity index (χ1) is 8.72. The fraction of sp³-hybridized carbons (Fsp3) is 0.154. The summed E-state index contributed by atoms with van der Waals surface area (Å²) in [5.41, 5.74) is 1.69. The second-order valence-corrected chi connectivity index (χ2v) is 4.87. The van der Waals surface area contributed by atoms with E-state index in [1.807, 2.05) is 4.57 Å². The molecule has 0 atom stereocenters. The standard InChI is InChI=1S/C13H10ClFN2S/c1-2-7-18-8-12-13(14)16-9-17(12)11-5-3-10(15)4-6-11/h1,3-6,9H,7-8H2. The first kappa shape index (κ1) is 13.0. The highest BCUT2D eigenvalue weighted by Gasteiger charge is 2.10.